The molecule has 5 heteroatoms. The Morgan fingerprint density at radius 3 is 2.95 bits per heavy atom. The van der Waals surface area contributed by atoms with Gasteiger partial charge in [-0.05, 0) is 39.5 Å². The van der Waals surface area contributed by atoms with Gasteiger partial charge in [0.05, 0.1) is 10.4 Å². The van der Waals surface area contributed by atoms with E-state index in [2.05, 4.69) is 22.1 Å². The van der Waals surface area contributed by atoms with Gasteiger partial charge in [0.1, 0.15) is 6.61 Å². The average Bonchev–Trinajstić information content (AvgIpc) is 2.84. The maximum Gasteiger partial charge on any atom is 0.252 e. The highest BCUT2D eigenvalue weighted by atomic mass is 32.1. The Morgan fingerprint density at radius 1 is 1.47 bits per heavy atom. The molecular weight excluding hydrogens is 260 g/mol. The van der Waals surface area contributed by atoms with Crippen molar-refractivity contribution in [2.75, 3.05) is 33.8 Å². The smallest absolute Gasteiger partial charge is 0.252 e. The van der Waals surface area contributed by atoms with Gasteiger partial charge in [-0.1, -0.05) is 11.8 Å². The third-order valence-electron chi connectivity index (χ3n) is 2.47. The Bertz CT molecular complexity index is 458. The lowest BCUT2D eigenvalue weighted by molar-refractivity contribution is 0.0953. The predicted octanol–water partition coefficient (Wildman–Crippen LogP) is 1.16. The fraction of sp³-hybridized carbons (Fsp3) is 0.500. The van der Waals surface area contributed by atoms with Crippen molar-refractivity contribution in [1.29, 1.82) is 0 Å². The van der Waals surface area contributed by atoms with Crippen molar-refractivity contribution in [3.05, 3.63) is 21.9 Å². The van der Waals surface area contributed by atoms with Gasteiger partial charge in [-0.2, -0.15) is 0 Å². The summed E-state index contributed by atoms with van der Waals surface area (Å²) in [6, 6.07) is 1.75. The Morgan fingerprint density at radius 2 is 2.26 bits per heavy atom. The highest BCUT2D eigenvalue weighted by Gasteiger charge is 2.06. The highest BCUT2D eigenvalue weighted by Crippen LogP contribution is 2.13. The summed E-state index contributed by atoms with van der Waals surface area (Å²) < 4.78 is 0. The van der Waals surface area contributed by atoms with Crippen molar-refractivity contribution in [3.63, 3.8) is 0 Å². The van der Waals surface area contributed by atoms with E-state index in [0.29, 0.717) is 12.1 Å². The topological polar surface area (TPSA) is 52.6 Å². The quantitative estimate of drug-likeness (QED) is 0.607. The molecule has 1 aromatic heterocycles. The molecule has 1 aromatic rings. The van der Waals surface area contributed by atoms with Crippen LogP contribution in [0.15, 0.2) is 11.4 Å². The number of thiophene rings is 1. The van der Waals surface area contributed by atoms with Crippen molar-refractivity contribution in [2.45, 2.75) is 12.8 Å². The van der Waals surface area contributed by atoms with Gasteiger partial charge in [0.15, 0.2) is 0 Å². The third kappa shape index (κ3) is 6.39. The Balaban J connectivity index is 2.31. The largest absolute Gasteiger partial charge is 0.384 e. The first-order chi connectivity index (χ1) is 9.13. The van der Waals surface area contributed by atoms with E-state index in [1.54, 1.807) is 11.4 Å². The summed E-state index contributed by atoms with van der Waals surface area (Å²) >= 11 is 1.41. The zero-order valence-electron chi connectivity index (χ0n) is 11.4. The SMILES string of the molecule is CN(C)CCCCNC(=O)c1csc(C#CCO)c1. The molecule has 0 spiro atoms. The predicted molar refractivity (Wildman–Crippen MR) is 78.4 cm³/mol. The minimum Gasteiger partial charge on any atom is -0.384 e. The van der Waals surface area contributed by atoms with Gasteiger partial charge in [-0.25, -0.2) is 0 Å². The van der Waals surface area contributed by atoms with Crippen LogP contribution >= 0.6 is 11.3 Å². The molecule has 0 aliphatic heterocycles. The minimum absolute atomic E-state index is 0.0573. The van der Waals surface area contributed by atoms with Crippen LogP contribution in [0.2, 0.25) is 0 Å². The van der Waals surface area contributed by atoms with Gasteiger partial charge >= 0.3 is 0 Å². The van der Waals surface area contributed by atoms with E-state index in [1.165, 1.54) is 11.3 Å². The van der Waals surface area contributed by atoms with Crippen LogP contribution in [-0.4, -0.2) is 49.7 Å². The van der Waals surface area contributed by atoms with Crippen LogP contribution in [-0.2, 0) is 0 Å². The van der Waals surface area contributed by atoms with Crippen LogP contribution < -0.4 is 5.32 Å². The summed E-state index contributed by atoms with van der Waals surface area (Å²) in [5, 5.41) is 13.3. The normalized spacial score (nSPS) is 10.1. The first-order valence-corrected chi connectivity index (χ1v) is 7.12. The molecule has 0 fully saturated rings. The van der Waals surface area contributed by atoms with Gasteiger partial charge in [0.2, 0.25) is 0 Å². The fourth-order valence-corrected chi connectivity index (χ4v) is 2.26. The molecule has 1 heterocycles. The van der Waals surface area contributed by atoms with Gasteiger partial charge < -0.3 is 15.3 Å². The van der Waals surface area contributed by atoms with E-state index in [1.807, 2.05) is 14.1 Å². The van der Waals surface area contributed by atoms with Crippen LogP contribution in [0.4, 0.5) is 0 Å². The van der Waals surface area contributed by atoms with Crippen molar-refractivity contribution in [1.82, 2.24) is 10.2 Å². The summed E-state index contributed by atoms with van der Waals surface area (Å²) in [5.74, 6) is 5.30. The van der Waals surface area contributed by atoms with Crippen LogP contribution in [0.5, 0.6) is 0 Å². The number of aliphatic hydroxyl groups is 1. The van der Waals surface area contributed by atoms with Gasteiger partial charge in [-0.15, -0.1) is 11.3 Å². The summed E-state index contributed by atoms with van der Waals surface area (Å²) in [6.45, 7) is 1.57. The number of hydrogen-bond acceptors (Lipinski definition) is 4. The standard InChI is InChI=1S/C14H20N2O2S/c1-16(2)8-4-3-7-15-14(18)12-10-13(19-11-12)6-5-9-17/h10-11,17H,3-4,7-9H2,1-2H3,(H,15,18). The monoisotopic (exact) mass is 280 g/mol. The number of nitrogens with zero attached hydrogens (tertiary/aromatic N) is 1. The lowest BCUT2D eigenvalue weighted by Crippen LogP contribution is -2.24. The van der Waals surface area contributed by atoms with Gasteiger partial charge in [-0.3, -0.25) is 4.79 Å². The molecule has 0 aromatic carbocycles. The molecule has 0 radical (unpaired) electrons. The molecule has 0 saturated carbocycles. The molecule has 104 valence electrons. The molecule has 1 rings (SSSR count). The number of carbonyl (C=O) groups is 1. The molecule has 19 heavy (non-hydrogen) atoms. The molecule has 0 saturated heterocycles. The molecule has 1 amide bonds. The number of carbonyl (C=O) groups excluding carboxylic acids is 1. The Labute approximate surface area is 118 Å². The van der Waals surface area contributed by atoms with E-state index >= 15 is 0 Å². The van der Waals surface area contributed by atoms with Crippen molar-refractivity contribution in [3.8, 4) is 11.8 Å². The Kier molecular flexibility index (Phi) is 7.19. The van der Waals surface area contributed by atoms with Crippen LogP contribution in [0.1, 0.15) is 28.1 Å². The van der Waals surface area contributed by atoms with Crippen molar-refractivity contribution in [2.24, 2.45) is 0 Å². The van der Waals surface area contributed by atoms with E-state index < -0.39 is 0 Å². The van der Waals surface area contributed by atoms with Crippen LogP contribution in [0, 0.1) is 11.8 Å². The first-order valence-electron chi connectivity index (χ1n) is 6.24. The summed E-state index contributed by atoms with van der Waals surface area (Å²) in [5.41, 5.74) is 0.639. The van der Waals surface area contributed by atoms with Crippen LogP contribution in [0.3, 0.4) is 0 Å². The van der Waals surface area contributed by atoms with Gasteiger partial charge in [0.25, 0.3) is 5.91 Å². The molecule has 0 aliphatic carbocycles. The zero-order chi connectivity index (χ0) is 14.1. The minimum atomic E-state index is -0.161. The number of unbranched alkanes of at least 4 members (excludes halogenated alkanes) is 1. The van der Waals surface area contributed by atoms with Crippen molar-refractivity contribution >= 4 is 17.2 Å². The number of hydrogen-bond donors (Lipinski definition) is 2. The lowest BCUT2D eigenvalue weighted by atomic mass is 10.2. The molecule has 0 bridgehead atoms. The maximum absolute atomic E-state index is 11.8. The second-order valence-corrected chi connectivity index (χ2v) is 5.34. The molecule has 0 aliphatic rings. The van der Waals surface area contributed by atoms with E-state index in [9.17, 15) is 4.79 Å². The fourth-order valence-electron chi connectivity index (χ4n) is 1.50. The summed E-state index contributed by atoms with van der Waals surface area (Å²) in [6.07, 6.45) is 2.05. The summed E-state index contributed by atoms with van der Waals surface area (Å²) in [7, 11) is 4.08. The Hall–Kier alpha value is -1.35. The summed E-state index contributed by atoms with van der Waals surface area (Å²) in [4.78, 5) is 14.7. The third-order valence-corrected chi connectivity index (χ3v) is 3.32. The number of aliphatic hydroxyl groups excluding tert-OH is 1. The van der Waals surface area contributed by atoms with E-state index in [4.69, 9.17) is 5.11 Å². The number of rotatable bonds is 6. The molecule has 0 atom stereocenters. The number of amides is 1. The second-order valence-electron chi connectivity index (χ2n) is 4.43. The van der Waals surface area contributed by atoms with E-state index in [0.717, 1.165) is 24.3 Å². The molecule has 4 nitrogen and oxygen atoms in total. The number of nitrogens with one attached hydrogen (secondary N) is 1. The van der Waals surface area contributed by atoms with Crippen molar-refractivity contribution < 1.29 is 9.90 Å². The maximum atomic E-state index is 11.8. The highest BCUT2D eigenvalue weighted by molar-refractivity contribution is 7.10. The molecular formula is C14H20N2O2S. The lowest BCUT2D eigenvalue weighted by Gasteiger charge is -2.09. The van der Waals surface area contributed by atoms with E-state index in [-0.39, 0.29) is 12.5 Å². The first kappa shape index (κ1) is 15.7. The molecule has 0 unspecified atom stereocenters. The zero-order valence-corrected chi connectivity index (χ0v) is 12.2. The average molecular weight is 280 g/mol. The van der Waals surface area contributed by atoms with Crippen LogP contribution in [0.25, 0.3) is 0 Å². The van der Waals surface area contributed by atoms with Gasteiger partial charge in [0, 0.05) is 11.9 Å². The second kappa shape index (κ2) is 8.70. The molecule has 2 N–H and O–H groups in total.